The number of pyridine rings is 1. The average molecular weight is 466 g/mol. The van der Waals surface area contributed by atoms with Crippen LogP contribution in [0, 0.1) is 5.82 Å². The summed E-state index contributed by atoms with van der Waals surface area (Å²) in [6.45, 7) is 0. The lowest BCUT2D eigenvalue weighted by Crippen LogP contribution is -2.54. The number of aliphatic hydroxyl groups is 2. The van der Waals surface area contributed by atoms with Crippen LogP contribution in [0.25, 0.3) is 5.69 Å². The second kappa shape index (κ2) is 8.71. The van der Waals surface area contributed by atoms with Crippen LogP contribution >= 0.6 is 0 Å². The van der Waals surface area contributed by atoms with Gasteiger partial charge in [-0.05, 0) is 43.5 Å². The molecule has 0 bridgehead atoms. The molecule has 10 heteroatoms. The highest BCUT2D eigenvalue weighted by Crippen LogP contribution is 2.46. The van der Waals surface area contributed by atoms with Crippen molar-refractivity contribution in [1.82, 2.24) is 14.8 Å². The molecule has 1 amide bonds. The average Bonchev–Trinajstić information content (AvgIpc) is 3.22. The number of fused-ring (bicyclic) bond motifs is 1. The Bertz CT molecular complexity index is 1300. The van der Waals surface area contributed by atoms with Crippen LogP contribution in [0.2, 0.25) is 0 Å². The summed E-state index contributed by atoms with van der Waals surface area (Å²) in [4.78, 5) is 30.0. The maximum Gasteiger partial charge on any atom is 0.284 e. The van der Waals surface area contributed by atoms with E-state index in [0.717, 1.165) is 11.1 Å². The first kappa shape index (κ1) is 22.3. The highest BCUT2D eigenvalue weighted by atomic mass is 19.1. The van der Waals surface area contributed by atoms with Crippen molar-refractivity contribution in [3.05, 3.63) is 82.3 Å². The first-order valence-corrected chi connectivity index (χ1v) is 11.0. The van der Waals surface area contributed by atoms with Gasteiger partial charge in [0.2, 0.25) is 0 Å². The molecule has 9 nitrogen and oxygen atoms in total. The smallest absolute Gasteiger partial charge is 0.284 e. The van der Waals surface area contributed by atoms with Gasteiger partial charge in [-0.15, -0.1) is 0 Å². The molecule has 1 aromatic carbocycles. The monoisotopic (exact) mass is 466 g/mol. The van der Waals surface area contributed by atoms with Crippen molar-refractivity contribution in [2.45, 2.75) is 49.6 Å². The molecule has 3 N–H and O–H groups in total. The summed E-state index contributed by atoms with van der Waals surface area (Å²) in [7, 11) is 0. The molecule has 1 saturated heterocycles. The maximum absolute atomic E-state index is 14.2. The van der Waals surface area contributed by atoms with Crippen LogP contribution in [0.4, 0.5) is 10.1 Å². The van der Waals surface area contributed by atoms with Crippen molar-refractivity contribution < 1.29 is 24.1 Å². The largest absolute Gasteiger partial charge is 0.390 e. The van der Waals surface area contributed by atoms with Crippen LogP contribution in [0.3, 0.4) is 0 Å². The van der Waals surface area contributed by atoms with Crippen LogP contribution in [-0.4, -0.2) is 48.7 Å². The van der Waals surface area contributed by atoms with Gasteiger partial charge in [-0.25, -0.2) is 4.39 Å². The fourth-order valence-electron chi connectivity index (χ4n) is 4.77. The van der Waals surface area contributed by atoms with Crippen molar-refractivity contribution in [1.29, 1.82) is 0 Å². The summed E-state index contributed by atoms with van der Waals surface area (Å²) in [6.07, 6.45) is 4.15. The van der Waals surface area contributed by atoms with E-state index in [-0.39, 0.29) is 17.7 Å². The van der Waals surface area contributed by atoms with E-state index in [9.17, 15) is 24.2 Å². The minimum atomic E-state index is -1.26. The molecule has 0 radical (unpaired) electrons. The minimum Gasteiger partial charge on any atom is -0.390 e. The number of nitrogens with one attached hydrogen (secondary N) is 1. The maximum atomic E-state index is 14.2. The molecule has 3 heterocycles. The lowest BCUT2D eigenvalue weighted by Gasteiger charge is -2.43. The van der Waals surface area contributed by atoms with Gasteiger partial charge in [0.25, 0.3) is 11.5 Å². The second-order valence-corrected chi connectivity index (χ2v) is 8.58. The molecule has 2 aromatic heterocycles. The van der Waals surface area contributed by atoms with Gasteiger partial charge in [-0.3, -0.25) is 14.6 Å². The summed E-state index contributed by atoms with van der Waals surface area (Å²) in [6, 6.07) is 8.55. The normalized spacial score (nSPS) is 26.1. The summed E-state index contributed by atoms with van der Waals surface area (Å²) >= 11 is 0. The van der Waals surface area contributed by atoms with Gasteiger partial charge in [-0.1, -0.05) is 12.1 Å². The van der Waals surface area contributed by atoms with E-state index < -0.39 is 41.2 Å². The van der Waals surface area contributed by atoms with Gasteiger partial charge in [0.15, 0.2) is 0 Å². The predicted molar refractivity (Wildman–Crippen MR) is 119 cm³/mol. The Morgan fingerprint density at radius 1 is 1.24 bits per heavy atom. The van der Waals surface area contributed by atoms with Crippen LogP contribution in [0.15, 0.2) is 59.8 Å². The van der Waals surface area contributed by atoms with Gasteiger partial charge in [0, 0.05) is 24.4 Å². The first-order valence-electron chi connectivity index (χ1n) is 11.0. The Morgan fingerprint density at radius 2 is 2.06 bits per heavy atom. The number of ether oxygens (including phenoxy) is 1. The molecule has 2 fully saturated rings. The van der Waals surface area contributed by atoms with E-state index >= 15 is 0 Å². The van der Waals surface area contributed by atoms with Crippen LogP contribution < -0.4 is 10.9 Å². The molecule has 5 rings (SSSR count). The van der Waals surface area contributed by atoms with E-state index in [2.05, 4.69) is 15.4 Å². The molecular weight excluding hydrogens is 443 g/mol. The summed E-state index contributed by atoms with van der Waals surface area (Å²) in [5.74, 6) is -1.37. The Morgan fingerprint density at radius 3 is 2.88 bits per heavy atom. The number of para-hydroxylation sites is 1. The quantitative estimate of drug-likeness (QED) is 0.538. The van der Waals surface area contributed by atoms with Crippen molar-refractivity contribution in [3.63, 3.8) is 0 Å². The zero-order valence-corrected chi connectivity index (χ0v) is 18.1. The Kier molecular flexibility index (Phi) is 5.72. The number of hydrogen-bond donors (Lipinski definition) is 3. The van der Waals surface area contributed by atoms with Gasteiger partial charge < -0.3 is 20.3 Å². The number of nitrogens with zero attached hydrogens (tertiary/aromatic N) is 3. The number of halogens is 1. The Labute approximate surface area is 193 Å². The summed E-state index contributed by atoms with van der Waals surface area (Å²) in [5.41, 5.74) is -1.47. The van der Waals surface area contributed by atoms with Crippen LogP contribution in [-0.2, 0) is 4.74 Å². The number of aromatic nitrogens is 3. The van der Waals surface area contributed by atoms with Gasteiger partial charge in [0.1, 0.15) is 22.7 Å². The van der Waals surface area contributed by atoms with Crippen molar-refractivity contribution in [2.24, 2.45) is 0 Å². The molecule has 0 unspecified atom stereocenters. The number of carbonyl (C=O) groups excluding carboxylic acids is 1. The van der Waals surface area contributed by atoms with Gasteiger partial charge >= 0.3 is 0 Å². The number of aliphatic hydroxyl groups excluding tert-OH is 1. The molecule has 1 saturated carbocycles. The molecule has 1 aliphatic carbocycles. The van der Waals surface area contributed by atoms with Gasteiger partial charge in [0.05, 0.1) is 30.2 Å². The third-order valence-electron chi connectivity index (χ3n) is 6.57. The Hall–Kier alpha value is -3.47. The molecule has 34 heavy (non-hydrogen) atoms. The highest BCUT2D eigenvalue weighted by Gasteiger charge is 2.52. The summed E-state index contributed by atoms with van der Waals surface area (Å²) < 4.78 is 21.1. The number of anilines is 1. The molecule has 4 atom stereocenters. The minimum absolute atomic E-state index is 0.0714. The SMILES string of the molecule is O=C(Nc1cnccc1[C@H]1C[C@@H](O)[C@@]2(O)CCC[C@H]2O1)c1ccnn(-c2ccccc2F)c1=O. The summed E-state index contributed by atoms with van der Waals surface area (Å²) in [5, 5.41) is 27.9. The van der Waals surface area contributed by atoms with E-state index in [4.69, 9.17) is 4.74 Å². The zero-order chi connectivity index (χ0) is 23.9. The molecule has 176 valence electrons. The lowest BCUT2D eigenvalue weighted by molar-refractivity contribution is -0.215. The second-order valence-electron chi connectivity index (χ2n) is 8.58. The Balaban J connectivity index is 1.43. The van der Waals surface area contributed by atoms with E-state index in [1.807, 2.05) is 0 Å². The van der Waals surface area contributed by atoms with Crippen molar-refractivity contribution in [3.8, 4) is 5.69 Å². The fraction of sp³-hybridized carbons (Fsp3) is 0.333. The topological polar surface area (TPSA) is 127 Å². The third-order valence-corrected chi connectivity index (χ3v) is 6.57. The standard InChI is InChI=1S/C24H23FN4O5/c25-16-4-1-2-5-18(16)29-23(32)15(8-11-27-29)22(31)28-17-13-26-10-7-14(17)19-12-20(30)24(33)9-3-6-21(24)34-19/h1-2,4-5,7-8,10-11,13,19-21,30,33H,3,6,9,12H2,(H,28,31)/t19-,20-,21-,24+/m1/s1. The van der Waals surface area contributed by atoms with E-state index in [1.165, 1.54) is 42.9 Å². The number of amides is 1. The fourth-order valence-corrected chi connectivity index (χ4v) is 4.77. The first-order chi connectivity index (χ1) is 16.4. The van der Waals surface area contributed by atoms with Crippen molar-refractivity contribution >= 4 is 11.6 Å². The molecule has 2 aliphatic rings. The van der Waals surface area contributed by atoms with E-state index in [0.29, 0.717) is 24.1 Å². The van der Waals surface area contributed by atoms with Gasteiger partial charge in [-0.2, -0.15) is 9.78 Å². The molecule has 0 spiro atoms. The third kappa shape index (κ3) is 3.79. The highest BCUT2D eigenvalue weighted by molar-refractivity contribution is 6.04. The predicted octanol–water partition coefficient (Wildman–Crippen LogP) is 2.12. The van der Waals surface area contributed by atoms with Crippen molar-refractivity contribution in [2.75, 3.05) is 5.32 Å². The molecular formula is C24H23FN4O5. The molecule has 1 aliphatic heterocycles. The number of carbonyl (C=O) groups is 1. The molecule has 3 aromatic rings. The number of rotatable bonds is 4. The zero-order valence-electron chi connectivity index (χ0n) is 18.1. The number of benzene rings is 1. The van der Waals surface area contributed by atoms with Crippen LogP contribution in [0.5, 0.6) is 0 Å². The van der Waals surface area contributed by atoms with Crippen LogP contribution in [0.1, 0.15) is 47.7 Å². The number of hydrogen-bond acceptors (Lipinski definition) is 7. The lowest BCUT2D eigenvalue weighted by atomic mass is 9.84. The van der Waals surface area contributed by atoms with E-state index in [1.54, 1.807) is 12.1 Å².